The molecule has 1 unspecified atom stereocenters. The molecule has 1 atom stereocenters. The van der Waals surface area contributed by atoms with E-state index < -0.39 is 6.10 Å². The van der Waals surface area contributed by atoms with Crippen LogP contribution in [-0.4, -0.2) is 37.2 Å². The third kappa shape index (κ3) is 55.9. The second kappa shape index (κ2) is 57.7. The zero-order valence-electron chi connectivity index (χ0n) is 45.8. The molecule has 0 aromatic carbocycles. The Hall–Kier alpha value is -2.89. The fourth-order valence-electron chi connectivity index (χ4n) is 8.43. The summed E-state index contributed by atoms with van der Waals surface area (Å²) in [5, 5.41) is 0. The number of carbonyl (C=O) groups excluding carboxylic acids is 3. The van der Waals surface area contributed by atoms with Gasteiger partial charge in [-0.3, -0.25) is 14.4 Å². The summed E-state index contributed by atoms with van der Waals surface area (Å²) in [4.78, 5) is 38.0. The lowest BCUT2D eigenvalue weighted by molar-refractivity contribution is -0.167. The topological polar surface area (TPSA) is 78.9 Å². The van der Waals surface area contributed by atoms with E-state index in [9.17, 15) is 14.4 Å². The van der Waals surface area contributed by atoms with Crippen LogP contribution in [0.25, 0.3) is 0 Å². The van der Waals surface area contributed by atoms with E-state index in [2.05, 4.69) is 81.5 Å². The summed E-state index contributed by atoms with van der Waals surface area (Å²) < 4.78 is 16.8. The van der Waals surface area contributed by atoms with Gasteiger partial charge in [0.05, 0.1) is 0 Å². The molecule has 0 heterocycles. The summed E-state index contributed by atoms with van der Waals surface area (Å²) >= 11 is 0. The normalized spacial score (nSPS) is 12.4. The molecule has 0 rings (SSSR count). The Morgan fingerprint density at radius 1 is 0.290 bits per heavy atom. The van der Waals surface area contributed by atoms with Gasteiger partial charge in [-0.25, -0.2) is 0 Å². The van der Waals surface area contributed by atoms with Gasteiger partial charge in [-0.15, -0.1) is 0 Å². The first-order valence-corrected chi connectivity index (χ1v) is 29.8. The smallest absolute Gasteiger partial charge is 0.306 e. The van der Waals surface area contributed by atoms with E-state index in [1.165, 1.54) is 161 Å². The summed E-state index contributed by atoms with van der Waals surface area (Å²) in [5.41, 5.74) is 0. The molecular formula is C63H112O6. The first-order chi connectivity index (χ1) is 34.0. The number of unbranched alkanes of at least 4 members (excludes halogenated alkanes) is 33. The van der Waals surface area contributed by atoms with Crippen LogP contribution in [0, 0.1) is 0 Å². The van der Waals surface area contributed by atoms with E-state index in [4.69, 9.17) is 14.2 Å². The number of rotatable bonds is 54. The first-order valence-electron chi connectivity index (χ1n) is 29.8. The van der Waals surface area contributed by atoms with E-state index in [1.807, 2.05) is 0 Å². The van der Waals surface area contributed by atoms with Gasteiger partial charge in [0.25, 0.3) is 0 Å². The van der Waals surface area contributed by atoms with Crippen molar-refractivity contribution in [2.24, 2.45) is 0 Å². The number of carbonyl (C=O) groups is 3. The average molecular weight is 966 g/mol. The highest BCUT2D eigenvalue weighted by Crippen LogP contribution is 2.16. The van der Waals surface area contributed by atoms with E-state index in [1.54, 1.807) is 0 Å². The lowest BCUT2D eigenvalue weighted by atomic mass is 10.0. The van der Waals surface area contributed by atoms with Gasteiger partial charge in [0, 0.05) is 19.3 Å². The second-order valence-corrected chi connectivity index (χ2v) is 19.9. The minimum atomic E-state index is -0.783. The zero-order chi connectivity index (χ0) is 50.0. The number of hydrogen-bond donors (Lipinski definition) is 0. The van der Waals surface area contributed by atoms with Crippen LogP contribution >= 0.6 is 0 Å². The van der Waals surface area contributed by atoms with Crippen molar-refractivity contribution in [2.45, 2.75) is 309 Å². The van der Waals surface area contributed by atoms with Crippen LogP contribution in [0.2, 0.25) is 0 Å². The molecule has 0 aromatic rings. The third-order valence-electron chi connectivity index (χ3n) is 12.9. The minimum Gasteiger partial charge on any atom is -0.462 e. The van der Waals surface area contributed by atoms with E-state index in [0.717, 1.165) is 103 Å². The van der Waals surface area contributed by atoms with Crippen molar-refractivity contribution < 1.29 is 28.6 Å². The molecule has 0 aliphatic heterocycles. The number of ether oxygens (including phenoxy) is 3. The second-order valence-electron chi connectivity index (χ2n) is 19.9. The maximum absolute atomic E-state index is 12.8. The van der Waals surface area contributed by atoms with Gasteiger partial charge in [-0.2, -0.15) is 0 Å². The van der Waals surface area contributed by atoms with E-state index >= 15 is 0 Å². The molecule has 69 heavy (non-hydrogen) atoms. The first kappa shape index (κ1) is 66.1. The number of hydrogen-bond acceptors (Lipinski definition) is 6. The Labute approximate surface area is 428 Å². The van der Waals surface area contributed by atoms with Crippen LogP contribution < -0.4 is 0 Å². The monoisotopic (exact) mass is 965 g/mol. The maximum Gasteiger partial charge on any atom is 0.306 e. The molecule has 400 valence electrons. The highest BCUT2D eigenvalue weighted by Gasteiger charge is 2.19. The van der Waals surface area contributed by atoms with Crippen LogP contribution in [0.3, 0.4) is 0 Å². The van der Waals surface area contributed by atoms with Crippen LogP contribution in [0.1, 0.15) is 303 Å². The van der Waals surface area contributed by atoms with Crippen LogP contribution in [0.15, 0.2) is 60.8 Å². The molecule has 0 saturated carbocycles. The van der Waals surface area contributed by atoms with Gasteiger partial charge in [-0.1, -0.05) is 248 Å². The molecule has 0 aromatic heterocycles. The molecule has 6 nitrogen and oxygen atoms in total. The van der Waals surface area contributed by atoms with Crippen molar-refractivity contribution in [1.29, 1.82) is 0 Å². The van der Waals surface area contributed by atoms with Gasteiger partial charge in [0.1, 0.15) is 13.2 Å². The summed E-state index contributed by atoms with van der Waals surface area (Å²) in [6, 6.07) is 0. The van der Waals surface area contributed by atoms with Gasteiger partial charge < -0.3 is 14.2 Å². The standard InChI is InChI=1S/C63H112O6/c1-4-7-10-13-16-19-22-24-26-27-28-29-30-31-32-33-34-35-36-37-38-40-41-44-47-50-53-56-62(65)68-59-60(58-67-61(64)55-52-49-46-43-21-18-15-12-9-6-3)69-63(66)57-54-51-48-45-42-39-25-23-20-17-14-11-8-5-2/h12,14-15,17,22-25,27-28,60H,4-11,13,16,18-21,26,29-59H2,1-3H3/b15-12-,17-14-,24-22-,25-23-,28-27-. The molecule has 0 aliphatic carbocycles. The lowest BCUT2D eigenvalue weighted by Gasteiger charge is -2.18. The Bertz CT molecular complexity index is 1250. The highest BCUT2D eigenvalue weighted by molar-refractivity contribution is 5.71. The highest BCUT2D eigenvalue weighted by atomic mass is 16.6. The quantitative estimate of drug-likeness (QED) is 0.0262. The molecule has 0 spiro atoms. The van der Waals surface area contributed by atoms with Crippen molar-refractivity contribution in [3.63, 3.8) is 0 Å². The van der Waals surface area contributed by atoms with E-state index in [-0.39, 0.29) is 31.1 Å². The molecule has 0 radical (unpaired) electrons. The van der Waals surface area contributed by atoms with Gasteiger partial charge in [-0.05, 0) is 96.3 Å². The Kier molecular flexibility index (Phi) is 55.3. The van der Waals surface area contributed by atoms with Crippen LogP contribution in [0.5, 0.6) is 0 Å². The summed E-state index contributed by atoms with van der Waals surface area (Å²) in [6.07, 6.45) is 72.3. The maximum atomic E-state index is 12.8. The summed E-state index contributed by atoms with van der Waals surface area (Å²) in [6.45, 7) is 6.53. The van der Waals surface area contributed by atoms with E-state index in [0.29, 0.717) is 19.3 Å². The molecular weight excluding hydrogens is 853 g/mol. The van der Waals surface area contributed by atoms with Gasteiger partial charge in [0.2, 0.25) is 0 Å². The Morgan fingerprint density at radius 2 is 0.565 bits per heavy atom. The molecule has 6 heteroatoms. The van der Waals surface area contributed by atoms with Crippen molar-refractivity contribution in [2.75, 3.05) is 13.2 Å². The predicted molar refractivity (Wildman–Crippen MR) is 298 cm³/mol. The van der Waals surface area contributed by atoms with Crippen LogP contribution in [0.4, 0.5) is 0 Å². The molecule has 0 fully saturated rings. The average Bonchev–Trinajstić information content (AvgIpc) is 3.35. The number of allylic oxidation sites excluding steroid dienone is 10. The summed E-state index contributed by atoms with van der Waals surface area (Å²) in [7, 11) is 0. The van der Waals surface area contributed by atoms with Crippen LogP contribution in [-0.2, 0) is 28.6 Å². The fourth-order valence-corrected chi connectivity index (χ4v) is 8.43. The minimum absolute atomic E-state index is 0.0811. The number of esters is 3. The molecule has 0 saturated heterocycles. The third-order valence-corrected chi connectivity index (χ3v) is 12.9. The largest absolute Gasteiger partial charge is 0.462 e. The van der Waals surface area contributed by atoms with Crippen molar-refractivity contribution >= 4 is 17.9 Å². The predicted octanol–water partition coefficient (Wildman–Crippen LogP) is 20.0. The van der Waals surface area contributed by atoms with Gasteiger partial charge >= 0.3 is 17.9 Å². The van der Waals surface area contributed by atoms with Crippen molar-refractivity contribution in [3.8, 4) is 0 Å². The Morgan fingerprint density at radius 3 is 0.913 bits per heavy atom. The lowest BCUT2D eigenvalue weighted by Crippen LogP contribution is -2.30. The zero-order valence-corrected chi connectivity index (χ0v) is 45.8. The molecule has 0 N–H and O–H groups in total. The van der Waals surface area contributed by atoms with Gasteiger partial charge in [0.15, 0.2) is 6.10 Å². The van der Waals surface area contributed by atoms with Crippen molar-refractivity contribution in [1.82, 2.24) is 0 Å². The Balaban J connectivity index is 4.17. The molecule has 0 bridgehead atoms. The molecule has 0 amide bonds. The summed E-state index contributed by atoms with van der Waals surface area (Å²) in [5.74, 6) is -0.897. The SMILES string of the molecule is CCC/C=C\CCCCCCCC(=O)OCC(COC(=O)CCCCCCCCCCCCCCCCC/C=C\C/C=C\CCCCCCC)OC(=O)CCCCCCC/C=C\C/C=C\CCCC. The van der Waals surface area contributed by atoms with Crippen molar-refractivity contribution in [3.05, 3.63) is 60.8 Å². The fraction of sp³-hybridized carbons (Fsp3) is 0.794. The molecule has 0 aliphatic rings.